The molecule has 0 aromatic rings. The van der Waals surface area contributed by atoms with Gasteiger partial charge in [-0.05, 0) is 27.7 Å². The van der Waals surface area contributed by atoms with Gasteiger partial charge in [0.1, 0.15) is 0 Å². The number of hydrogen-bond acceptors (Lipinski definition) is 2. The summed E-state index contributed by atoms with van der Waals surface area (Å²) in [6.07, 6.45) is -4.44. The molecule has 0 saturated carbocycles. The molecule has 0 aromatic carbocycles. The fourth-order valence-electron chi connectivity index (χ4n) is 0.891. The second kappa shape index (κ2) is 3.46. The molecule has 0 aliphatic heterocycles. The molecule has 0 bridgehead atoms. The summed E-state index contributed by atoms with van der Waals surface area (Å²) in [6.45, 7) is 5.07. The number of ether oxygens (including phenoxy) is 1. The minimum absolute atomic E-state index is 0.576. The molecule has 80 valence electrons. The van der Waals surface area contributed by atoms with Crippen molar-refractivity contribution in [2.24, 2.45) is 5.73 Å². The second-order valence-electron chi connectivity index (χ2n) is 4.15. The van der Waals surface area contributed by atoms with Gasteiger partial charge in [-0.1, -0.05) is 0 Å². The summed E-state index contributed by atoms with van der Waals surface area (Å²) in [5.74, 6) is 0. The number of halogens is 3. The van der Waals surface area contributed by atoms with Gasteiger partial charge in [-0.15, -0.1) is 0 Å². The van der Waals surface area contributed by atoms with Gasteiger partial charge >= 0.3 is 6.18 Å². The van der Waals surface area contributed by atoms with Crippen LogP contribution in [0.5, 0.6) is 0 Å². The van der Waals surface area contributed by atoms with E-state index in [4.69, 9.17) is 10.5 Å². The first-order valence-electron chi connectivity index (χ1n) is 3.99. The van der Waals surface area contributed by atoms with Gasteiger partial charge in [0.25, 0.3) is 0 Å². The normalized spacial score (nSPS) is 18.5. The number of hydrogen-bond donors (Lipinski definition) is 1. The predicted octanol–water partition coefficient (Wildman–Crippen LogP) is 2.08. The standard InChI is InChI=1S/C8H16F3NO/c1-6(2,3)13-7(4,5-12)8(9,10)11/h5,12H2,1-4H3. The molecule has 0 amide bonds. The molecule has 0 rings (SSSR count). The van der Waals surface area contributed by atoms with Gasteiger partial charge in [0.05, 0.1) is 5.60 Å². The van der Waals surface area contributed by atoms with Crippen molar-refractivity contribution < 1.29 is 17.9 Å². The molecule has 2 N–H and O–H groups in total. The van der Waals surface area contributed by atoms with Crippen LogP contribution in [0.1, 0.15) is 27.7 Å². The zero-order valence-corrected chi connectivity index (χ0v) is 8.33. The Balaban J connectivity index is 4.67. The quantitative estimate of drug-likeness (QED) is 0.739. The van der Waals surface area contributed by atoms with Gasteiger partial charge in [-0.25, -0.2) is 0 Å². The third-order valence-corrected chi connectivity index (χ3v) is 1.52. The van der Waals surface area contributed by atoms with Gasteiger partial charge in [0, 0.05) is 6.54 Å². The Morgan fingerprint density at radius 1 is 1.08 bits per heavy atom. The monoisotopic (exact) mass is 199 g/mol. The fourth-order valence-corrected chi connectivity index (χ4v) is 0.891. The lowest BCUT2D eigenvalue weighted by Gasteiger charge is -2.37. The Labute approximate surface area is 76.2 Å². The van der Waals surface area contributed by atoms with E-state index >= 15 is 0 Å². The van der Waals surface area contributed by atoms with Crippen molar-refractivity contribution in [3.05, 3.63) is 0 Å². The maximum Gasteiger partial charge on any atom is 0.418 e. The van der Waals surface area contributed by atoms with Crippen molar-refractivity contribution in [2.75, 3.05) is 6.54 Å². The highest BCUT2D eigenvalue weighted by Gasteiger charge is 2.53. The van der Waals surface area contributed by atoms with E-state index in [-0.39, 0.29) is 0 Å². The Kier molecular flexibility index (Phi) is 3.38. The summed E-state index contributed by atoms with van der Waals surface area (Å²) in [5.41, 5.74) is 1.94. The molecule has 1 unspecified atom stereocenters. The van der Waals surface area contributed by atoms with Crippen molar-refractivity contribution in [3.8, 4) is 0 Å². The number of nitrogens with two attached hydrogens (primary N) is 1. The zero-order valence-electron chi connectivity index (χ0n) is 8.33. The minimum atomic E-state index is -4.44. The predicted molar refractivity (Wildman–Crippen MR) is 44.4 cm³/mol. The Morgan fingerprint density at radius 3 is 1.54 bits per heavy atom. The van der Waals surface area contributed by atoms with Crippen LogP contribution in [0.15, 0.2) is 0 Å². The van der Waals surface area contributed by atoms with E-state index < -0.39 is 23.9 Å². The third-order valence-electron chi connectivity index (χ3n) is 1.52. The number of alkyl halides is 3. The van der Waals surface area contributed by atoms with E-state index in [1.54, 1.807) is 20.8 Å². The van der Waals surface area contributed by atoms with Gasteiger partial charge in [0.2, 0.25) is 0 Å². The van der Waals surface area contributed by atoms with Crippen molar-refractivity contribution in [2.45, 2.75) is 45.1 Å². The highest BCUT2D eigenvalue weighted by Crippen LogP contribution is 2.35. The van der Waals surface area contributed by atoms with Crippen LogP contribution in [0, 0.1) is 0 Å². The lowest BCUT2D eigenvalue weighted by Crippen LogP contribution is -2.54. The third kappa shape index (κ3) is 3.52. The Bertz CT molecular complexity index is 173. The minimum Gasteiger partial charge on any atom is -0.359 e. The van der Waals surface area contributed by atoms with E-state index in [1.807, 2.05) is 0 Å². The Morgan fingerprint density at radius 2 is 1.46 bits per heavy atom. The summed E-state index contributed by atoms with van der Waals surface area (Å²) < 4.78 is 42.2. The van der Waals surface area contributed by atoms with E-state index in [1.165, 1.54) is 0 Å². The molecular weight excluding hydrogens is 183 g/mol. The fraction of sp³-hybridized carbons (Fsp3) is 1.00. The Hall–Kier alpha value is -0.290. The van der Waals surface area contributed by atoms with Crippen LogP contribution in [-0.2, 0) is 4.74 Å². The molecule has 0 radical (unpaired) electrons. The van der Waals surface area contributed by atoms with E-state index in [0.29, 0.717) is 0 Å². The van der Waals surface area contributed by atoms with Gasteiger partial charge in [-0.2, -0.15) is 13.2 Å². The van der Waals surface area contributed by atoms with Crippen LogP contribution >= 0.6 is 0 Å². The zero-order chi connectivity index (χ0) is 10.9. The summed E-state index contributed by atoms with van der Waals surface area (Å²) in [6, 6.07) is 0. The molecule has 0 fully saturated rings. The smallest absolute Gasteiger partial charge is 0.359 e. The van der Waals surface area contributed by atoms with Crippen LogP contribution in [-0.4, -0.2) is 23.9 Å². The molecule has 0 aliphatic carbocycles. The first-order valence-corrected chi connectivity index (χ1v) is 3.99. The number of rotatable bonds is 2. The molecular formula is C8H16F3NO. The molecule has 0 aromatic heterocycles. The van der Waals surface area contributed by atoms with Crippen LogP contribution in [0.2, 0.25) is 0 Å². The molecule has 0 spiro atoms. The van der Waals surface area contributed by atoms with Crippen molar-refractivity contribution in [3.63, 3.8) is 0 Å². The molecule has 0 heterocycles. The highest BCUT2D eigenvalue weighted by atomic mass is 19.4. The topological polar surface area (TPSA) is 35.2 Å². The highest BCUT2D eigenvalue weighted by molar-refractivity contribution is 4.87. The van der Waals surface area contributed by atoms with Crippen molar-refractivity contribution >= 4 is 0 Å². The largest absolute Gasteiger partial charge is 0.418 e. The van der Waals surface area contributed by atoms with Gasteiger partial charge < -0.3 is 10.5 Å². The molecule has 5 heteroatoms. The average molecular weight is 199 g/mol. The first-order chi connectivity index (χ1) is 5.52. The van der Waals surface area contributed by atoms with Crippen molar-refractivity contribution in [1.82, 2.24) is 0 Å². The molecule has 0 aliphatic rings. The summed E-state index contributed by atoms with van der Waals surface area (Å²) >= 11 is 0. The maximum atomic E-state index is 12.4. The van der Waals surface area contributed by atoms with E-state index in [0.717, 1.165) is 6.92 Å². The first kappa shape index (κ1) is 12.7. The van der Waals surface area contributed by atoms with Crippen molar-refractivity contribution in [1.29, 1.82) is 0 Å². The van der Waals surface area contributed by atoms with Crippen LogP contribution in [0.4, 0.5) is 13.2 Å². The van der Waals surface area contributed by atoms with Gasteiger partial charge in [0.15, 0.2) is 5.60 Å². The molecule has 0 saturated heterocycles. The van der Waals surface area contributed by atoms with Crippen LogP contribution in [0.3, 0.4) is 0 Å². The lowest BCUT2D eigenvalue weighted by atomic mass is 10.0. The summed E-state index contributed by atoms with van der Waals surface area (Å²) in [5, 5.41) is 0. The van der Waals surface area contributed by atoms with E-state index in [9.17, 15) is 13.2 Å². The lowest BCUT2D eigenvalue weighted by molar-refractivity contribution is -0.292. The van der Waals surface area contributed by atoms with Gasteiger partial charge in [-0.3, -0.25) is 0 Å². The summed E-state index contributed by atoms with van der Waals surface area (Å²) in [7, 11) is 0. The van der Waals surface area contributed by atoms with Crippen LogP contribution in [0.25, 0.3) is 0 Å². The molecule has 13 heavy (non-hydrogen) atoms. The SMILES string of the molecule is CC(C)(C)OC(C)(CN)C(F)(F)F. The second-order valence-corrected chi connectivity index (χ2v) is 4.15. The van der Waals surface area contributed by atoms with Crippen LogP contribution < -0.4 is 5.73 Å². The molecule has 2 nitrogen and oxygen atoms in total. The van der Waals surface area contributed by atoms with E-state index in [2.05, 4.69) is 0 Å². The average Bonchev–Trinajstić information content (AvgIpc) is 1.81. The summed E-state index contributed by atoms with van der Waals surface area (Å²) in [4.78, 5) is 0. The molecule has 1 atom stereocenters. The maximum absolute atomic E-state index is 12.4.